The molecule has 1 heteroatoms. The van der Waals surface area contributed by atoms with E-state index in [0.29, 0.717) is 0 Å². The van der Waals surface area contributed by atoms with Gasteiger partial charge in [-0.25, -0.2) is 0 Å². The van der Waals surface area contributed by atoms with Gasteiger partial charge in [0.1, 0.15) is 0 Å². The summed E-state index contributed by atoms with van der Waals surface area (Å²) in [4.78, 5) is 1.63. The van der Waals surface area contributed by atoms with Gasteiger partial charge in [0.05, 0.1) is 0 Å². The molecule has 1 heterocycles. The van der Waals surface area contributed by atoms with E-state index in [-0.39, 0.29) is 0 Å². The zero-order valence-electron chi connectivity index (χ0n) is 8.58. The molecule has 3 rings (SSSR count). The normalized spacial score (nSPS) is 25.6. The monoisotopic (exact) mass is 202 g/mol. The second-order valence-corrected chi connectivity index (χ2v) is 5.54. The van der Waals surface area contributed by atoms with Crippen LogP contribution in [0.15, 0.2) is 24.3 Å². The first kappa shape index (κ1) is 8.49. The van der Waals surface area contributed by atoms with Crippen molar-refractivity contribution in [2.24, 2.45) is 5.92 Å². The van der Waals surface area contributed by atoms with Crippen LogP contribution in [0.2, 0.25) is 0 Å². The standard InChI is InChI=1S/C13H14S/c1-8-7-12-13(9(8)2)10-5-3-4-6-11(10)14-12/h3-6,8-9H,7H2,1-2H3/t8-,9-/m0/s1. The van der Waals surface area contributed by atoms with E-state index in [4.69, 9.17) is 0 Å². The highest BCUT2D eigenvalue weighted by molar-refractivity contribution is 7.19. The van der Waals surface area contributed by atoms with Crippen LogP contribution in [-0.2, 0) is 6.42 Å². The topological polar surface area (TPSA) is 0 Å². The van der Waals surface area contributed by atoms with Crippen LogP contribution in [0.25, 0.3) is 10.1 Å². The molecule has 1 aliphatic carbocycles. The van der Waals surface area contributed by atoms with Crippen molar-refractivity contribution in [2.75, 3.05) is 0 Å². The molecule has 2 atom stereocenters. The predicted octanol–water partition coefficient (Wildman–Crippen LogP) is 4.20. The minimum absolute atomic E-state index is 0.751. The van der Waals surface area contributed by atoms with E-state index in [2.05, 4.69) is 38.1 Å². The summed E-state index contributed by atoms with van der Waals surface area (Å²) in [5, 5.41) is 1.50. The van der Waals surface area contributed by atoms with Crippen LogP contribution in [0.5, 0.6) is 0 Å². The van der Waals surface area contributed by atoms with Crippen molar-refractivity contribution in [2.45, 2.75) is 26.2 Å². The summed E-state index contributed by atoms with van der Waals surface area (Å²) in [5.74, 6) is 1.59. The molecule has 0 bridgehead atoms. The number of hydrogen-bond acceptors (Lipinski definition) is 1. The molecular formula is C13H14S. The Balaban J connectivity index is 2.32. The van der Waals surface area contributed by atoms with E-state index >= 15 is 0 Å². The van der Waals surface area contributed by atoms with Gasteiger partial charge in [0.15, 0.2) is 0 Å². The molecule has 0 aliphatic heterocycles. The van der Waals surface area contributed by atoms with Gasteiger partial charge in [-0.1, -0.05) is 32.0 Å². The summed E-state index contributed by atoms with van der Waals surface area (Å²) in [5.41, 5.74) is 1.64. The zero-order valence-corrected chi connectivity index (χ0v) is 9.40. The highest BCUT2D eigenvalue weighted by Crippen LogP contribution is 2.46. The van der Waals surface area contributed by atoms with Gasteiger partial charge >= 0.3 is 0 Å². The molecule has 1 aliphatic rings. The largest absolute Gasteiger partial charge is 0.140 e. The molecule has 0 saturated carbocycles. The Morgan fingerprint density at radius 1 is 1.21 bits per heavy atom. The molecule has 0 N–H and O–H groups in total. The minimum Gasteiger partial charge on any atom is -0.140 e. The maximum absolute atomic E-state index is 2.37. The molecule has 0 spiro atoms. The SMILES string of the molecule is C[C@@H]1c2c(sc3ccccc23)C[C@@H]1C. The quantitative estimate of drug-likeness (QED) is 0.600. The van der Waals surface area contributed by atoms with Crippen molar-refractivity contribution in [1.82, 2.24) is 0 Å². The lowest BCUT2D eigenvalue weighted by molar-refractivity contribution is 0.534. The number of fused-ring (bicyclic) bond motifs is 3. The van der Waals surface area contributed by atoms with E-state index in [1.807, 2.05) is 11.3 Å². The summed E-state index contributed by atoms with van der Waals surface area (Å²) >= 11 is 1.99. The van der Waals surface area contributed by atoms with Crippen LogP contribution in [0.3, 0.4) is 0 Å². The van der Waals surface area contributed by atoms with Crippen LogP contribution in [0.1, 0.15) is 30.2 Å². The van der Waals surface area contributed by atoms with Gasteiger partial charge in [0, 0.05) is 9.58 Å². The summed E-state index contributed by atoms with van der Waals surface area (Å²) < 4.78 is 1.47. The molecular weight excluding hydrogens is 188 g/mol. The van der Waals surface area contributed by atoms with Crippen molar-refractivity contribution < 1.29 is 0 Å². The first-order chi connectivity index (χ1) is 6.77. The third kappa shape index (κ3) is 0.992. The van der Waals surface area contributed by atoms with Gasteiger partial charge in [-0.2, -0.15) is 0 Å². The maximum Gasteiger partial charge on any atom is 0.0348 e. The van der Waals surface area contributed by atoms with E-state index in [0.717, 1.165) is 11.8 Å². The minimum atomic E-state index is 0.751. The second-order valence-electron chi connectivity index (χ2n) is 4.41. The van der Waals surface area contributed by atoms with Gasteiger partial charge in [-0.3, -0.25) is 0 Å². The van der Waals surface area contributed by atoms with Crippen LogP contribution in [0, 0.1) is 5.92 Å². The molecule has 1 aromatic carbocycles. The summed E-state index contributed by atoms with van der Waals surface area (Å²) in [7, 11) is 0. The summed E-state index contributed by atoms with van der Waals surface area (Å²) in [6.07, 6.45) is 1.29. The lowest BCUT2D eigenvalue weighted by Gasteiger charge is -2.09. The van der Waals surface area contributed by atoms with Crippen LogP contribution in [0.4, 0.5) is 0 Å². The van der Waals surface area contributed by atoms with Crippen LogP contribution < -0.4 is 0 Å². The number of hydrogen-bond donors (Lipinski definition) is 0. The molecule has 0 saturated heterocycles. The van der Waals surface area contributed by atoms with Gasteiger partial charge < -0.3 is 0 Å². The molecule has 0 fully saturated rings. The third-order valence-corrected chi connectivity index (χ3v) is 4.74. The molecule has 1 aromatic heterocycles. The Hall–Kier alpha value is -0.820. The van der Waals surface area contributed by atoms with E-state index in [9.17, 15) is 0 Å². The lowest BCUT2D eigenvalue weighted by atomic mass is 9.95. The number of rotatable bonds is 0. The maximum atomic E-state index is 2.37. The van der Waals surface area contributed by atoms with Crippen molar-refractivity contribution in [3.8, 4) is 0 Å². The smallest absolute Gasteiger partial charge is 0.0348 e. The van der Waals surface area contributed by atoms with Gasteiger partial charge in [-0.05, 0) is 35.3 Å². The molecule has 0 amide bonds. The van der Waals surface area contributed by atoms with Gasteiger partial charge in [0.2, 0.25) is 0 Å². The molecule has 0 unspecified atom stereocenters. The summed E-state index contributed by atoms with van der Waals surface area (Å²) in [6, 6.07) is 8.82. The number of benzene rings is 1. The van der Waals surface area contributed by atoms with Gasteiger partial charge in [0.25, 0.3) is 0 Å². The fraction of sp³-hybridized carbons (Fsp3) is 0.385. The average molecular weight is 202 g/mol. The molecule has 0 nitrogen and oxygen atoms in total. The lowest BCUT2D eigenvalue weighted by Crippen LogP contribution is -1.98. The van der Waals surface area contributed by atoms with E-state index in [1.54, 1.807) is 10.4 Å². The fourth-order valence-electron chi connectivity index (χ4n) is 2.52. The molecule has 0 radical (unpaired) electrons. The van der Waals surface area contributed by atoms with Crippen LogP contribution >= 0.6 is 11.3 Å². The Morgan fingerprint density at radius 2 is 2.00 bits per heavy atom. The third-order valence-electron chi connectivity index (χ3n) is 3.53. The fourth-order valence-corrected chi connectivity index (χ4v) is 3.97. The van der Waals surface area contributed by atoms with Crippen molar-refractivity contribution in [3.63, 3.8) is 0 Å². The van der Waals surface area contributed by atoms with Crippen molar-refractivity contribution in [3.05, 3.63) is 34.7 Å². The van der Waals surface area contributed by atoms with Crippen LogP contribution in [-0.4, -0.2) is 0 Å². The number of thiophene rings is 1. The average Bonchev–Trinajstić information content (AvgIpc) is 2.65. The van der Waals surface area contributed by atoms with Gasteiger partial charge in [-0.15, -0.1) is 11.3 Å². The highest BCUT2D eigenvalue weighted by atomic mass is 32.1. The first-order valence-corrected chi connectivity index (χ1v) is 6.09. The molecule has 2 aromatic rings. The Bertz CT molecular complexity index is 481. The van der Waals surface area contributed by atoms with E-state index in [1.165, 1.54) is 16.5 Å². The van der Waals surface area contributed by atoms with Crippen molar-refractivity contribution >= 4 is 21.4 Å². The zero-order chi connectivity index (χ0) is 9.71. The predicted molar refractivity (Wildman–Crippen MR) is 63.1 cm³/mol. The van der Waals surface area contributed by atoms with E-state index < -0.39 is 0 Å². The Labute approximate surface area is 88.6 Å². The molecule has 72 valence electrons. The highest BCUT2D eigenvalue weighted by Gasteiger charge is 2.29. The first-order valence-electron chi connectivity index (χ1n) is 5.27. The Morgan fingerprint density at radius 3 is 2.86 bits per heavy atom. The Kier molecular flexibility index (Phi) is 1.72. The molecule has 14 heavy (non-hydrogen) atoms. The van der Waals surface area contributed by atoms with Crippen molar-refractivity contribution in [1.29, 1.82) is 0 Å². The summed E-state index contributed by atoms with van der Waals surface area (Å²) in [6.45, 7) is 4.74. The second kappa shape index (κ2) is 2.83.